The first-order valence-electron chi connectivity index (χ1n) is 6.51. The Morgan fingerprint density at radius 1 is 1.44 bits per heavy atom. The largest absolute Gasteiger partial charge is 0.493 e. The highest BCUT2D eigenvalue weighted by atomic mass is 16.5. The fraction of sp³-hybridized carbons (Fsp3) is 0.533. The zero-order valence-electron chi connectivity index (χ0n) is 11.7. The van der Waals surface area contributed by atoms with E-state index in [1.54, 1.807) is 6.92 Å². The van der Waals surface area contributed by atoms with E-state index in [0.29, 0.717) is 18.2 Å². The fourth-order valence-corrected chi connectivity index (χ4v) is 1.91. The summed E-state index contributed by atoms with van der Waals surface area (Å²) in [4.78, 5) is 0. The maximum absolute atomic E-state index is 8.88. The van der Waals surface area contributed by atoms with Gasteiger partial charge in [-0.25, -0.2) is 0 Å². The molecule has 0 saturated heterocycles. The van der Waals surface area contributed by atoms with Gasteiger partial charge in [-0.2, -0.15) is 0 Å². The van der Waals surface area contributed by atoms with Gasteiger partial charge in [0.25, 0.3) is 0 Å². The van der Waals surface area contributed by atoms with E-state index >= 15 is 0 Å². The lowest BCUT2D eigenvalue weighted by atomic mass is 10.1. The molecule has 0 amide bonds. The third-order valence-electron chi connectivity index (χ3n) is 2.98. The van der Waals surface area contributed by atoms with Gasteiger partial charge in [-0.1, -0.05) is 31.5 Å². The number of hydrogen-bond donors (Lipinski definition) is 1. The van der Waals surface area contributed by atoms with Gasteiger partial charge >= 0.3 is 0 Å². The van der Waals surface area contributed by atoms with Crippen molar-refractivity contribution < 1.29 is 9.94 Å². The summed E-state index contributed by atoms with van der Waals surface area (Å²) in [5.74, 6) is 1.34. The highest BCUT2D eigenvalue weighted by Crippen LogP contribution is 2.22. The predicted octanol–water partition coefficient (Wildman–Crippen LogP) is 4.01. The monoisotopic (exact) mass is 249 g/mol. The Morgan fingerprint density at radius 2 is 2.17 bits per heavy atom. The molecule has 0 fully saturated rings. The molecule has 100 valence electrons. The van der Waals surface area contributed by atoms with E-state index in [4.69, 9.17) is 9.94 Å². The zero-order valence-corrected chi connectivity index (χ0v) is 11.7. The van der Waals surface area contributed by atoms with Crippen molar-refractivity contribution >= 4 is 5.71 Å². The normalized spacial score (nSPS) is 13.4. The topological polar surface area (TPSA) is 41.8 Å². The number of rotatable bonds is 6. The lowest BCUT2D eigenvalue weighted by Crippen LogP contribution is -2.10. The summed E-state index contributed by atoms with van der Waals surface area (Å²) < 4.78 is 5.86. The number of hydrogen-bond acceptors (Lipinski definition) is 3. The molecular weight excluding hydrogens is 226 g/mol. The van der Waals surface area contributed by atoms with Gasteiger partial charge in [-0.3, -0.25) is 0 Å². The second-order valence-corrected chi connectivity index (χ2v) is 4.89. The molecule has 1 rings (SSSR count). The minimum absolute atomic E-state index is 0.537. The molecule has 18 heavy (non-hydrogen) atoms. The van der Waals surface area contributed by atoms with Crippen LogP contribution in [0.5, 0.6) is 5.75 Å². The average molecular weight is 249 g/mol. The van der Waals surface area contributed by atoms with Crippen molar-refractivity contribution in [2.24, 2.45) is 11.1 Å². The molecule has 0 bridgehead atoms. The molecule has 0 aliphatic rings. The first-order chi connectivity index (χ1) is 8.58. The first-order valence-corrected chi connectivity index (χ1v) is 6.51. The molecular formula is C15H23NO2. The molecule has 1 unspecified atom stereocenters. The maximum Gasteiger partial charge on any atom is 0.128 e. The van der Waals surface area contributed by atoms with E-state index < -0.39 is 0 Å². The van der Waals surface area contributed by atoms with Gasteiger partial charge in [0, 0.05) is 5.56 Å². The summed E-state index contributed by atoms with van der Waals surface area (Å²) in [5, 5.41) is 12.1. The van der Waals surface area contributed by atoms with E-state index in [9.17, 15) is 0 Å². The summed E-state index contributed by atoms with van der Waals surface area (Å²) >= 11 is 0. The van der Waals surface area contributed by atoms with E-state index in [1.807, 2.05) is 25.1 Å². The van der Waals surface area contributed by atoms with E-state index in [-0.39, 0.29) is 0 Å². The molecule has 3 heteroatoms. The number of nitrogens with zero attached hydrogens (tertiary/aromatic N) is 1. The van der Waals surface area contributed by atoms with Crippen molar-refractivity contribution in [3.05, 3.63) is 29.3 Å². The van der Waals surface area contributed by atoms with Crippen molar-refractivity contribution in [1.29, 1.82) is 0 Å². The number of benzene rings is 1. The standard InChI is InChI=1S/C15H23NO2/c1-5-6-12(3)10-18-15-9-11(2)7-8-14(15)13(4)16-17/h7-9,12,17H,5-6,10H2,1-4H3. The molecule has 0 radical (unpaired) electrons. The van der Waals surface area contributed by atoms with Gasteiger partial charge in [-0.15, -0.1) is 0 Å². The van der Waals surface area contributed by atoms with Crippen molar-refractivity contribution in [3.63, 3.8) is 0 Å². The van der Waals surface area contributed by atoms with Gasteiger partial charge in [0.15, 0.2) is 0 Å². The van der Waals surface area contributed by atoms with Crippen LogP contribution in [0.4, 0.5) is 0 Å². The number of aryl methyl sites for hydroxylation is 1. The van der Waals surface area contributed by atoms with Crippen molar-refractivity contribution in [1.82, 2.24) is 0 Å². The Balaban J connectivity index is 2.83. The Kier molecular flexibility index (Phi) is 5.69. The lowest BCUT2D eigenvalue weighted by molar-refractivity contribution is 0.250. The highest BCUT2D eigenvalue weighted by molar-refractivity contribution is 6.00. The van der Waals surface area contributed by atoms with Crippen LogP contribution in [0.1, 0.15) is 44.7 Å². The van der Waals surface area contributed by atoms with Gasteiger partial charge in [0.05, 0.1) is 12.3 Å². The molecule has 1 N–H and O–H groups in total. The van der Waals surface area contributed by atoms with Crippen LogP contribution < -0.4 is 4.74 Å². The highest BCUT2D eigenvalue weighted by Gasteiger charge is 2.09. The molecule has 1 atom stereocenters. The maximum atomic E-state index is 8.88. The number of ether oxygens (including phenoxy) is 1. The van der Waals surface area contributed by atoms with Crippen LogP contribution >= 0.6 is 0 Å². The molecule has 0 saturated carbocycles. The van der Waals surface area contributed by atoms with E-state index in [2.05, 4.69) is 19.0 Å². The molecule has 0 aliphatic carbocycles. The third-order valence-corrected chi connectivity index (χ3v) is 2.98. The van der Waals surface area contributed by atoms with Crippen LogP contribution in [-0.2, 0) is 0 Å². The lowest BCUT2D eigenvalue weighted by Gasteiger charge is -2.15. The summed E-state index contributed by atoms with van der Waals surface area (Å²) in [7, 11) is 0. The van der Waals surface area contributed by atoms with E-state index in [1.165, 1.54) is 6.42 Å². The summed E-state index contributed by atoms with van der Waals surface area (Å²) in [6.07, 6.45) is 2.33. The SMILES string of the molecule is CCCC(C)COc1cc(C)ccc1C(C)=NO. The van der Waals surface area contributed by atoms with Gasteiger partial charge < -0.3 is 9.94 Å². The quantitative estimate of drug-likeness (QED) is 0.470. The third kappa shape index (κ3) is 4.06. The minimum atomic E-state index is 0.537. The van der Waals surface area contributed by atoms with Gasteiger partial charge in [-0.05, 0) is 43.9 Å². The Bertz CT molecular complexity index is 413. The molecule has 0 heterocycles. The Hall–Kier alpha value is -1.51. The van der Waals surface area contributed by atoms with Crippen LogP contribution in [-0.4, -0.2) is 17.5 Å². The van der Waals surface area contributed by atoms with Crippen LogP contribution in [0.2, 0.25) is 0 Å². The predicted molar refractivity (Wildman–Crippen MR) is 74.7 cm³/mol. The zero-order chi connectivity index (χ0) is 13.5. The minimum Gasteiger partial charge on any atom is -0.493 e. The number of oxime groups is 1. The molecule has 0 aromatic heterocycles. The van der Waals surface area contributed by atoms with Crippen LogP contribution in [0, 0.1) is 12.8 Å². The van der Waals surface area contributed by atoms with Crippen LogP contribution in [0.25, 0.3) is 0 Å². The Labute approximate surface area is 109 Å². The van der Waals surface area contributed by atoms with E-state index in [0.717, 1.165) is 23.3 Å². The molecule has 0 spiro atoms. The molecule has 1 aromatic carbocycles. The smallest absolute Gasteiger partial charge is 0.128 e. The molecule has 1 aromatic rings. The Morgan fingerprint density at radius 3 is 2.78 bits per heavy atom. The van der Waals surface area contributed by atoms with Crippen LogP contribution in [0.3, 0.4) is 0 Å². The summed E-state index contributed by atoms with van der Waals surface area (Å²) in [6, 6.07) is 5.92. The molecule has 0 aliphatic heterocycles. The average Bonchev–Trinajstić information content (AvgIpc) is 2.36. The van der Waals surface area contributed by atoms with Gasteiger partial charge in [0.2, 0.25) is 0 Å². The van der Waals surface area contributed by atoms with Crippen molar-refractivity contribution in [2.75, 3.05) is 6.61 Å². The van der Waals surface area contributed by atoms with Crippen molar-refractivity contribution in [2.45, 2.75) is 40.5 Å². The molecule has 3 nitrogen and oxygen atoms in total. The summed E-state index contributed by atoms with van der Waals surface area (Å²) in [5.41, 5.74) is 2.57. The second kappa shape index (κ2) is 7.04. The van der Waals surface area contributed by atoms with Gasteiger partial charge in [0.1, 0.15) is 5.75 Å². The first kappa shape index (κ1) is 14.6. The van der Waals surface area contributed by atoms with Crippen LogP contribution in [0.15, 0.2) is 23.4 Å². The summed E-state index contributed by atoms with van der Waals surface area (Å²) in [6.45, 7) is 8.86. The second-order valence-electron chi connectivity index (χ2n) is 4.89. The van der Waals surface area contributed by atoms with Crippen molar-refractivity contribution in [3.8, 4) is 5.75 Å². The fourth-order valence-electron chi connectivity index (χ4n) is 1.91.